The molecule has 12 heteroatoms. The van der Waals surface area contributed by atoms with Gasteiger partial charge in [-0.15, -0.1) is 11.3 Å². The molecular weight excluding hydrogens is 470 g/mol. The van der Waals surface area contributed by atoms with E-state index in [-0.39, 0.29) is 12.5 Å². The number of fused-ring (bicyclic) bond motifs is 2. The molecule has 1 aliphatic heterocycles. The number of nitrogens with one attached hydrogen (secondary N) is 3. The molecule has 0 unspecified atom stereocenters. The highest BCUT2D eigenvalue weighted by Crippen LogP contribution is 2.39. The largest absolute Gasteiger partial charge is 0.495 e. The maximum Gasteiger partial charge on any atom is 0.260 e. The number of nitrogens with two attached hydrogens (primary N) is 1. The molecule has 5 rings (SSSR count). The van der Waals surface area contributed by atoms with E-state index in [0.29, 0.717) is 46.0 Å². The number of ether oxygens (including phenoxy) is 2. The van der Waals surface area contributed by atoms with Crippen molar-refractivity contribution in [1.82, 2.24) is 15.0 Å². The number of nitrogens with zero attached hydrogens (tertiary/aromatic N) is 3. The Morgan fingerprint density at radius 2 is 2.06 bits per heavy atom. The van der Waals surface area contributed by atoms with Crippen LogP contribution in [0.15, 0.2) is 35.8 Å². The SMILES string of the molecule is COCC(=O)N1CCc2cc(OC)c(Nc3nc(Nc4ccsc4C(N)=O)c4cc[nH]c4n3)cc21. The number of amides is 2. The molecule has 5 N–H and O–H groups in total. The van der Waals surface area contributed by atoms with Crippen LogP contribution in [0.5, 0.6) is 5.75 Å². The quantitative estimate of drug-likeness (QED) is 0.293. The van der Waals surface area contributed by atoms with Gasteiger partial charge in [-0.2, -0.15) is 9.97 Å². The Hall–Kier alpha value is -4.16. The molecule has 0 aliphatic carbocycles. The summed E-state index contributed by atoms with van der Waals surface area (Å²) in [6.45, 7) is 0.581. The Labute approximate surface area is 204 Å². The van der Waals surface area contributed by atoms with Crippen molar-refractivity contribution in [3.8, 4) is 5.75 Å². The van der Waals surface area contributed by atoms with Crippen LogP contribution in [-0.4, -0.2) is 54.1 Å². The minimum atomic E-state index is -0.518. The van der Waals surface area contributed by atoms with Gasteiger partial charge in [-0.25, -0.2) is 0 Å². The summed E-state index contributed by atoms with van der Waals surface area (Å²) in [5.41, 5.74) is 9.06. The number of anilines is 5. The molecule has 1 aliphatic rings. The molecule has 0 radical (unpaired) electrons. The van der Waals surface area contributed by atoms with Crippen LogP contribution in [0, 0.1) is 0 Å². The number of benzene rings is 1. The van der Waals surface area contributed by atoms with Crippen molar-refractivity contribution >= 4 is 63.0 Å². The van der Waals surface area contributed by atoms with Gasteiger partial charge in [0.2, 0.25) is 5.95 Å². The third-order valence-corrected chi connectivity index (χ3v) is 6.60. The lowest BCUT2D eigenvalue weighted by Gasteiger charge is -2.19. The van der Waals surface area contributed by atoms with Gasteiger partial charge in [0, 0.05) is 25.5 Å². The molecule has 180 valence electrons. The van der Waals surface area contributed by atoms with Crippen LogP contribution in [0.1, 0.15) is 15.2 Å². The average Bonchev–Trinajstić information content (AvgIpc) is 3.58. The monoisotopic (exact) mass is 493 g/mol. The Morgan fingerprint density at radius 3 is 2.83 bits per heavy atom. The zero-order valence-corrected chi connectivity index (χ0v) is 19.9. The second-order valence-electron chi connectivity index (χ2n) is 7.82. The topological polar surface area (TPSA) is 147 Å². The van der Waals surface area contributed by atoms with Crippen LogP contribution >= 0.6 is 11.3 Å². The average molecular weight is 494 g/mol. The molecule has 0 spiro atoms. The number of hydrogen-bond acceptors (Lipinski definition) is 9. The molecule has 4 aromatic rings. The molecular formula is C23H23N7O4S. The van der Waals surface area contributed by atoms with Gasteiger partial charge in [0.1, 0.15) is 28.7 Å². The summed E-state index contributed by atoms with van der Waals surface area (Å²) in [5, 5.41) is 8.94. The van der Waals surface area contributed by atoms with Gasteiger partial charge in [0.05, 0.1) is 23.9 Å². The summed E-state index contributed by atoms with van der Waals surface area (Å²) in [4.78, 5) is 38.7. The van der Waals surface area contributed by atoms with Gasteiger partial charge in [-0.3, -0.25) is 9.59 Å². The van der Waals surface area contributed by atoms with Crippen molar-refractivity contribution in [2.45, 2.75) is 6.42 Å². The normalized spacial score (nSPS) is 12.6. The molecule has 0 atom stereocenters. The molecule has 3 aromatic heterocycles. The minimum absolute atomic E-state index is 0.00569. The number of primary amides is 1. The molecule has 2 amide bonds. The lowest BCUT2D eigenvalue weighted by Crippen LogP contribution is -2.32. The van der Waals surface area contributed by atoms with Crippen LogP contribution in [0.2, 0.25) is 0 Å². The fourth-order valence-corrected chi connectivity index (χ4v) is 4.78. The van der Waals surface area contributed by atoms with Crippen LogP contribution in [0.25, 0.3) is 11.0 Å². The van der Waals surface area contributed by atoms with Crippen LogP contribution in [0.3, 0.4) is 0 Å². The molecule has 35 heavy (non-hydrogen) atoms. The Bertz CT molecular complexity index is 1430. The molecule has 0 saturated carbocycles. The van der Waals surface area contributed by atoms with E-state index in [2.05, 4.69) is 25.6 Å². The smallest absolute Gasteiger partial charge is 0.260 e. The van der Waals surface area contributed by atoms with Crippen molar-refractivity contribution in [3.05, 3.63) is 46.3 Å². The number of carbonyl (C=O) groups is 2. The maximum absolute atomic E-state index is 12.5. The van der Waals surface area contributed by atoms with Gasteiger partial charge in [-0.05, 0) is 41.6 Å². The summed E-state index contributed by atoms with van der Waals surface area (Å²) in [6, 6.07) is 7.38. The zero-order valence-electron chi connectivity index (χ0n) is 19.0. The summed E-state index contributed by atoms with van der Waals surface area (Å²) < 4.78 is 10.6. The first-order valence-electron chi connectivity index (χ1n) is 10.7. The van der Waals surface area contributed by atoms with Crippen LogP contribution in [-0.2, 0) is 16.0 Å². The molecule has 11 nitrogen and oxygen atoms in total. The number of rotatable bonds is 8. The van der Waals surface area contributed by atoms with E-state index in [1.54, 1.807) is 29.7 Å². The second kappa shape index (κ2) is 9.24. The van der Waals surface area contributed by atoms with Crippen molar-refractivity contribution < 1.29 is 19.1 Å². The van der Waals surface area contributed by atoms with Gasteiger partial charge in [0.15, 0.2) is 0 Å². The first-order chi connectivity index (χ1) is 17.0. The van der Waals surface area contributed by atoms with Crippen LogP contribution < -0.4 is 26.0 Å². The van der Waals surface area contributed by atoms with Gasteiger partial charge >= 0.3 is 0 Å². The lowest BCUT2D eigenvalue weighted by atomic mass is 10.1. The minimum Gasteiger partial charge on any atom is -0.495 e. The van der Waals surface area contributed by atoms with E-state index in [0.717, 1.165) is 23.1 Å². The number of H-pyrrole nitrogens is 1. The summed E-state index contributed by atoms with van der Waals surface area (Å²) in [7, 11) is 3.08. The summed E-state index contributed by atoms with van der Waals surface area (Å²) in [5.74, 6) is 0.763. The van der Waals surface area contributed by atoms with Crippen molar-refractivity contribution in [1.29, 1.82) is 0 Å². The van der Waals surface area contributed by atoms with Gasteiger partial charge < -0.3 is 35.7 Å². The predicted octanol–water partition coefficient (Wildman–Crippen LogP) is 3.15. The summed E-state index contributed by atoms with van der Waals surface area (Å²) >= 11 is 1.25. The first-order valence-corrected chi connectivity index (χ1v) is 11.6. The number of hydrogen-bond donors (Lipinski definition) is 4. The Morgan fingerprint density at radius 1 is 1.20 bits per heavy atom. The highest BCUT2D eigenvalue weighted by atomic mass is 32.1. The van der Waals surface area contributed by atoms with E-state index in [4.69, 9.17) is 15.2 Å². The third kappa shape index (κ3) is 4.24. The van der Waals surface area contributed by atoms with E-state index in [1.165, 1.54) is 18.4 Å². The van der Waals surface area contributed by atoms with Gasteiger partial charge in [-0.1, -0.05) is 0 Å². The predicted molar refractivity (Wildman–Crippen MR) is 134 cm³/mol. The van der Waals surface area contributed by atoms with E-state index in [9.17, 15) is 9.59 Å². The maximum atomic E-state index is 12.5. The first kappa shape index (κ1) is 22.6. The summed E-state index contributed by atoms with van der Waals surface area (Å²) in [6.07, 6.45) is 2.48. The zero-order chi connectivity index (χ0) is 24.5. The standard InChI is InChI=1S/C23H23N7O4S/c1-33-11-18(31)30-7-4-12-9-17(34-2)15(10-16(12)30)27-23-28-21-13(3-6-25-21)22(29-23)26-14-5-8-35-19(14)20(24)32/h3,5-6,8-10H,4,7,11H2,1-2H3,(H2,24,32)(H3,25,26,27,28,29). The third-order valence-electron chi connectivity index (χ3n) is 5.67. The van der Waals surface area contributed by atoms with Crippen molar-refractivity contribution in [3.63, 3.8) is 0 Å². The number of aromatic nitrogens is 3. The number of methoxy groups -OCH3 is 2. The van der Waals surface area contributed by atoms with E-state index >= 15 is 0 Å². The highest BCUT2D eigenvalue weighted by molar-refractivity contribution is 7.12. The van der Waals surface area contributed by atoms with Crippen LogP contribution in [0.4, 0.5) is 28.8 Å². The second-order valence-corrected chi connectivity index (χ2v) is 8.74. The van der Waals surface area contributed by atoms with Crippen molar-refractivity contribution in [2.75, 3.05) is 42.9 Å². The Balaban J connectivity index is 1.51. The molecule has 4 heterocycles. The fraction of sp³-hybridized carbons (Fsp3) is 0.217. The molecule has 1 aromatic carbocycles. The van der Waals surface area contributed by atoms with Crippen molar-refractivity contribution in [2.24, 2.45) is 5.73 Å². The molecule has 0 saturated heterocycles. The molecule has 0 bridgehead atoms. The number of aromatic amines is 1. The lowest BCUT2D eigenvalue weighted by molar-refractivity contribution is -0.122. The molecule has 0 fully saturated rings. The van der Waals surface area contributed by atoms with E-state index < -0.39 is 5.91 Å². The Kier molecular flexibility index (Phi) is 5.97. The number of thiophene rings is 1. The number of carbonyl (C=O) groups excluding carboxylic acids is 2. The highest BCUT2D eigenvalue weighted by Gasteiger charge is 2.27. The van der Waals surface area contributed by atoms with E-state index in [1.807, 2.05) is 18.2 Å². The fourth-order valence-electron chi connectivity index (χ4n) is 4.08. The van der Waals surface area contributed by atoms with Gasteiger partial charge in [0.25, 0.3) is 11.8 Å².